The van der Waals surface area contributed by atoms with Crippen LogP contribution in [-0.4, -0.2) is 15.2 Å². The van der Waals surface area contributed by atoms with Gasteiger partial charge in [0.05, 0.1) is 15.9 Å². The van der Waals surface area contributed by atoms with Gasteiger partial charge < -0.3 is 0 Å². The van der Waals surface area contributed by atoms with Gasteiger partial charge in [0.25, 0.3) is 0 Å². The topological polar surface area (TPSA) is 17.8 Å². The summed E-state index contributed by atoms with van der Waals surface area (Å²) in [6, 6.07) is 0. The fourth-order valence-corrected chi connectivity index (χ4v) is 4.10. The van der Waals surface area contributed by atoms with Crippen molar-refractivity contribution in [2.45, 2.75) is 57.2 Å². The Bertz CT molecular complexity index is 397. The first-order chi connectivity index (χ1) is 8.63. The number of nitrogens with zero attached hydrogens (tertiary/aromatic N) is 2. The average Bonchev–Trinajstić information content (AvgIpc) is 2.96. The third kappa shape index (κ3) is 3.11. The van der Waals surface area contributed by atoms with Gasteiger partial charge in [-0.1, -0.05) is 19.8 Å². The number of hydrogen-bond acceptors (Lipinski definition) is 1. The van der Waals surface area contributed by atoms with Crippen molar-refractivity contribution in [3.8, 4) is 0 Å². The van der Waals surface area contributed by atoms with Gasteiger partial charge in [-0.15, -0.1) is 11.6 Å². The van der Waals surface area contributed by atoms with E-state index >= 15 is 0 Å². The Hall–Kier alpha value is -0.0200. The highest BCUT2D eigenvalue weighted by molar-refractivity contribution is 9.10. The summed E-state index contributed by atoms with van der Waals surface area (Å²) < 4.78 is 3.18. The highest BCUT2D eigenvalue weighted by Crippen LogP contribution is 2.33. The third-order valence-corrected chi connectivity index (χ3v) is 5.56. The van der Waals surface area contributed by atoms with Crippen molar-refractivity contribution < 1.29 is 0 Å². The molecule has 1 atom stereocenters. The van der Waals surface area contributed by atoms with Crippen LogP contribution in [0.2, 0.25) is 0 Å². The Labute approximate surface area is 123 Å². The number of hydrogen-bond donors (Lipinski definition) is 0. The van der Waals surface area contributed by atoms with E-state index in [0.29, 0.717) is 5.38 Å². The van der Waals surface area contributed by atoms with Crippen LogP contribution >= 0.6 is 27.5 Å². The fourth-order valence-electron chi connectivity index (χ4n) is 2.92. The molecule has 4 heteroatoms. The Morgan fingerprint density at radius 1 is 1.44 bits per heavy atom. The van der Waals surface area contributed by atoms with E-state index < -0.39 is 0 Å². The molecule has 0 radical (unpaired) electrons. The van der Waals surface area contributed by atoms with Crippen LogP contribution in [0.4, 0.5) is 0 Å². The van der Waals surface area contributed by atoms with E-state index in [0.717, 1.165) is 30.9 Å². The molecular weight excluding hydrogens is 312 g/mol. The molecule has 1 heterocycles. The second-order valence-corrected chi connectivity index (χ2v) is 6.64. The Kier molecular flexibility index (Phi) is 5.14. The summed E-state index contributed by atoms with van der Waals surface area (Å²) in [5.74, 6) is 0.740. The van der Waals surface area contributed by atoms with E-state index in [-0.39, 0.29) is 0 Å². The second kappa shape index (κ2) is 6.42. The third-order valence-electron chi connectivity index (χ3n) is 4.07. The molecule has 1 saturated carbocycles. The van der Waals surface area contributed by atoms with Gasteiger partial charge in [-0.3, -0.25) is 4.68 Å². The number of rotatable bonds is 5. The predicted octanol–water partition coefficient (Wildman–Crippen LogP) is 4.48. The van der Waals surface area contributed by atoms with Crippen molar-refractivity contribution in [2.75, 3.05) is 0 Å². The summed E-state index contributed by atoms with van der Waals surface area (Å²) in [6.45, 7) is 2.14. The summed E-state index contributed by atoms with van der Waals surface area (Å²) in [7, 11) is 2.03. The van der Waals surface area contributed by atoms with Crippen molar-refractivity contribution in [2.24, 2.45) is 13.0 Å². The zero-order valence-corrected chi connectivity index (χ0v) is 13.6. The van der Waals surface area contributed by atoms with E-state index in [1.54, 1.807) is 0 Å². The number of alkyl halides is 1. The molecule has 1 unspecified atom stereocenters. The number of halogens is 2. The lowest BCUT2D eigenvalue weighted by Crippen LogP contribution is -2.13. The van der Waals surface area contributed by atoms with E-state index in [1.165, 1.54) is 35.8 Å². The molecule has 0 saturated heterocycles. The summed E-state index contributed by atoms with van der Waals surface area (Å²) in [6.07, 6.45) is 8.43. The first-order valence-electron chi connectivity index (χ1n) is 6.97. The van der Waals surface area contributed by atoms with Gasteiger partial charge in [0.2, 0.25) is 0 Å². The second-order valence-electron chi connectivity index (χ2n) is 5.28. The molecular formula is C14H22BrClN2. The van der Waals surface area contributed by atoms with Gasteiger partial charge >= 0.3 is 0 Å². The van der Waals surface area contributed by atoms with Gasteiger partial charge in [-0.25, -0.2) is 0 Å². The van der Waals surface area contributed by atoms with Crippen molar-refractivity contribution in [1.82, 2.24) is 9.78 Å². The molecule has 102 valence electrons. The standard InChI is InChI=1S/C14H22BrClN2/c1-3-12-14(15)13(18(2)17-12)9-8-11(16)10-6-4-5-7-10/h10-11H,3-9H2,1-2H3. The molecule has 1 aromatic rings. The van der Waals surface area contributed by atoms with Crippen LogP contribution in [0.5, 0.6) is 0 Å². The zero-order valence-electron chi connectivity index (χ0n) is 11.3. The Morgan fingerprint density at radius 3 is 2.67 bits per heavy atom. The average molecular weight is 334 g/mol. The lowest BCUT2D eigenvalue weighted by molar-refractivity contribution is 0.487. The highest BCUT2D eigenvalue weighted by Gasteiger charge is 2.24. The summed E-state index contributed by atoms with van der Waals surface area (Å²) in [4.78, 5) is 0. The molecule has 1 aromatic heterocycles. The Balaban J connectivity index is 1.95. The van der Waals surface area contributed by atoms with Crippen LogP contribution in [0, 0.1) is 5.92 Å². The molecule has 0 N–H and O–H groups in total. The minimum absolute atomic E-state index is 0.333. The monoisotopic (exact) mass is 332 g/mol. The van der Waals surface area contributed by atoms with E-state index in [9.17, 15) is 0 Å². The van der Waals surface area contributed by atoms with E-state index in [2.05, 4.69) is 28.0 Å². The largest absolute Gasteiger partial charge is 0.271 e. The van der Waals surface area contributed by atoms with Gasteiger partial charge in [-0.05, 0) is 54.0 Å². The minimum atomic E-state index is 0.333. The van der Waals surface area contributed by atoms with Crippen LogP contribution in [0.3, 0.4) is 0 Å². The molecule has 1 fully saturated rings. The summed E-state index contributed by atoms with van der Waals surface area (Å²) >= 11 is 10.2. The SMILES string of the molecule is CCc1nn(C)c(CCC(Cl)C2CCCC2)c1Br. The van der Waals surface area contributed by atoms with Crippen molar-refractivity contribution >= 4 is 27.5 Å². The molecule has 0 bridgehead atoms. The van der Waals surface area contributed by atoms with Crippen LogP contribution in [0.25, 0.3) is 0 Å². The highest BCUT2D eigenvalue weighted by atomic mass is 79.9. The molecule has 0 amide bonds. The van der Waals surface area contributed by atoms with Crippen LogP contribution in [-0.2, 0) is 19.9 Å². The zero-order chi connectivity index (χ0) is 13.1. The van der Waals surface area contributed by atoms with Crippen molar-refractivity contribution in [3.63, 3.8) is 0 Å². The molecule has 0 aliphatic heterocycles. The minimum Gasteiger partial charge on any atom is -0.271 e. The maximum absolute atomic E-state index is 6.54. The maximum Gasteiger partial charge on any atom is 0.0766 e. The van der Waals surface area contributed by atoms with Crippen molar-refractivity contribution in [1.29, 1.82) is 0 Å². The predicted molar refractivity (Wildman–Crippen MR) is 80.2 cm³/mol. The summed E-state index contributed by atoms with van der Waals surface area (Å²) in [5, 5.41) is 4.86. The van der Waals surface area contributed by atoms with Gasteiger partial charge in [0, 0.05) is 12.4 Å². The first kappa shape index (κ1) is 14.4. The quantitative estimate of drug-likeness (QED) is 0.727. The van der Waals surface area contributed by atoms with Crippen LogP contribution in [0.15, 0.2) is 4.47 Å². The molecule has 1 aliphatic carbocycles. The van der Waals surface area contributed by atoms with Crippen molar-refractivity contribution in [3.05, 3.63) is 15.9 Å². The lowest BCUT2D eigenvalue weighted by atomic mass is 9.99. The molecule has 2 nitrogen and oxygen atoms in total. The van der Waals surface area contributed by atoms with Crippen LogP contribution in [0.1, 0.15) is 50.4 Å². The summed E-state index contributed by atoms with van der Waals surface area (Å²) in [5.41, 5.74) is 2.44. The first-order valence-corrected chi connectivity index (χ1v) is 8.20. The normalized spacial score (nSPS) is 18.4. The van der Waals surface area contributed by atoms with Crippen LogP contribution < -0.4 is 0 Å². The molecule has 0 aromatic carbocycles. The van der Waals surface area contributed by atoms with Gasteiger partial charge in [0.1, 0.15) is 0 Å². The maximum atomic E-state index is 6.54. The van der Waals surface area contributed by atoms with Gasteiger partial charge in [0.15, 0.2) is 0 Å². The molecule has 18 heavy (non-hydrogen) atoms. The molecule has 2 rings (SSSR count). The molecule has 1 aliphatic rings. The number of aryl methyl sites for hydroxylation is 2. The fraction of sp³-hybridized carbons (Fsp3) is 0.786. The number of aromatic nitrogens is 2. The molecule has 0 spiro atoms. The smallest absolute Gasteiger partial charge is 0.0766 e. The van der Waals surface area contributed by atoms with E-state index in [1.807, 2.05) is 11.7 Å². The van der Waals surface area contributed by atoms with E-state index in [4.69, 9.17) is 11.6 Å². The van der Waals surface area contributed by atoms with Gasteiger partial charge in [-0.2, -0.15) is 5.10 Å². The lowest BCUT2D eigenvalue weighted by Gasteiger charge is -2.16. The Morgan fingerprint density at radius 2 is 2.11 bits per heavy atom.